The molecule has 0 aliphatic carbocycles. The third kappa shape index (κ3) is 4.11. The number of benzene rings is 2. The monoisotopic (exact) mass is 376 g/mol. The van der Waals surface area contributed by atoms with E-state index in [-0.39, 0.29) is 11.7 Å². The van der Waals surface area contributed by atoms with Crippen molar-refractivity contribution in [3.05, 3.63) is 84.3 Å². The number of pyridine rings is 1. The Labute approximate surface area is 163 Å². The van der Waals surface area contributed by atoms with Gasteiger partial charge in [0.1, 0.15) is 11.6 Å². The first-order chi connectivity index (χ1) is 13.7. The fourth-order valence-electron chi connectivity index (χ4n) is 3.28. The Morgan fingerprint density at radius 1 is 0.857 bits per heavy atom. The minimum absolute atomic E-state index is 0.264. The molecule has 1 saturated heterocycles. The molecule has 28 heavy (non-hydrogen) atoms. The summed E-state index contributed by atoms with van der Waals surface area (Å²) in [6, 6.07) is 19.7. The number of halogens is 1. The highest BCUT2D eigenvalue weighted by atomic mass is 19.1. The molecular weight excluding hydrogens is 355 g/mol. The third-order valence-corrected chi connectivity index (χ3v) is 4.84. The van der Waals surface area contributed by atoms with Gasteiger partial charge in [-0.1, -0.05) is 18.2 Å². The predicted molar refractivity (Wildman–Crippen MR) is 109 cm³/mol. The Kier molecular flexibility index (Phi) is 5.19. The molecule has 1 aliphatic rings. The number of nitrogens with one attached hydrogen (secondary N) is 1. The van der Waals surface area contributed by atoms with Gasteiger partial charge in [0.15, 0.2) is 0 Å². The Morgan fingerprint density at radius 3 is 2.18 bits per heavy atom. The fourth-order valence-corrected chi connectivity index (χ4v) is 3.28. The van der Waals surface area contributed by atoms with Crippen LogP contribution in [0.2, 0.25) is 0 Å². The van der Waals surface area contributed by atoms with E-state index in [1.54, 1.807) is 12.3 Å². The molecule has 4 rings (SSSR count). The summed E-state index contributed by atoms with van der Waals surface area (Å²) in [6.45, 7) is 3.61. The van der Waals surface area contributed by atoms with E-state index >= 15 is 0 Å². The molecule has 6 heteroatoms. The summed E-state index contributed by atoms with van der Waals surface area (Å²) in [4.78, 5) is 21.4. The van der Waals surface area contributed by atoms with E-state index in [9.17, 15) is 9.18 Å². The van der Waals surface area contributed by atoms with Crippen molar-refractivity contribution in [1.82, 2.24) is 4.98 Å². The van der Waals surface area contributed by atoms with Crippen LogP contribution in [0.3, 0.4) is 0 Å². The number of para-hydroxylation sites is 1. The van der Waals surface area contributed by atoms with Crippen molar-refractivity contribution < 1.29 is 9.18 Å². The molecule has 1 aliphatic heterocycles. The number of aromatic nitrogens is 1. The molecule has 0 unspecified atom stereocenters. The molecule has 1 aromatic heterocycles. The summed E-state index contributed by atoms with van der Waals surface area (Å²) in [5, 5.41) is 2.74. The maximum absolute atomic E-state index is 13.0. The number of hydrogen-bond acceptors (Lipinski definition) is 4. The van der Waals surface area contributed by atoms with Gasteiger partial charge in [0.05, 0.1) is 5.56 Å². The van der Waals surface area contributed by atoms with Gasteiger partial charge in [-0.05, 0) is 48.5 Å². The molecule has 1 amide bonds. The van der Waals surface area contributed by atoms with Gasteiger partial charge in [-0.3, -0.25) is 4.79 Å². The smallest absolute Gasteiger partial charge is 0.257 e. The molecule has 2 aromatic carbocycles. The molecule has 0 spiro atoms. The van der Waals surface area contributed by atoms with E-state index < -0.39 is 0 Å². The van der Waals surface area contributed by atoms with Crippen molar-refractivity contribution in [2.24, 2.45) is 0 Å². The molecule has 0 radical (unpaired) electrons. The first kappa shape index (κ1) is 18.0. The number of nitrogens with zero attached hydrogens (tertiary/aromatic N) is 3. The van der Waals surface area contributed by atoms with Gasteiger partial charge in [-0.2, -0.15) is 0 Å². The largest absolute Gasteiger partial charge is 0.368 e. The zero-order valence-corrected chi connectivity index (χ0v) is 15.4. The highest BCUT2D eigenvalue weighted by Crippen LogP contribution is 2.19. The molecule has 5 nitrogen and oxygen atoms in total. The predicted octanol–water partition coefficient (Wildman–Crippen LogP) is 3.80. The summed E-state index contributed by atoms with van der Waals surface area (Å²) < 4.78 is 13.0. The summed E-state index contributed by atoms with van der Waals surface area (Å²) in [5.74, 6) is 0.266. The van der Waals surface area contributed by atoms with E-state index in [1.165, 1.54) is 30.0 Å². The normalized spacial score (nSPS) is 14.0. The van der Waals surface area contributed by atoms with E-state index in [2.05, 4.69) is 44.4 Å². The van der Waals surface area contributed by atoms with Gasteiger partial charge in [0.2, 0.25) is 0 Å². The van der Waals surface area contributed by atoms with Gasteiger partial charge in [0, 0.05) is 43.8 Å². The Bertz CT molecular complexity index is 921. The van der Waals surface area contributed by atoms with Crippen LogP contribution in [0.5, 0.6) is 0 Å². The van der Waals surface area contributed by atoms with E-state index in [4.69, 9.17) is 0 Å². The molecule has 0 bridgehead atoms. The SMILES string of the molecule is O=C(Nc1ccc(F)cc1)c1ccc(N2CCN(c3ccccc3)CC2)nc1. The van der Waals surface area contributed by atoms with Gasteiger partial charge >= 0.3 is 0 Å². The number of carbonyl (C=O) groups is 1. The molecular formula is C22H21FN4O. The molecule has 2 heterocycles. The van der Waals surface area contributed by atoms with E-state index in [0.717, 1.165) is 32.0 Å². The number of hydrogen-bond donors (Lipinski definition) is 1. The van der Waals surface area contributed by atoms with Crippen LogP contribution in [-0.4, -0.2) is 37.1 Å². The second-order valence-electron chi connectivity index (χ2n) is 6.68. The maximum Gasteiger partial charge on any atom is 0.257 e. The molecule has 0 saturated carbocycles. The molecule has 3 aromatic rings. The summed E-state index contributed by atoms with van der Waals surface area (Å²) in [7, 11) is 0. The second kappa shape index (κ2) is 8.08. The zero-order chi connectivity index (χ0) is 19.3. The van der Waals surface area contributed by atoms with Crippen LogP contribution in [0.15, 0.2) is 72.9 Å². The van der Waals surface area contributed by atoms with Gasteiger partial charge in [-0.15, -0.1) is 0 Å². The number of amides is 1. The van der Waals surface area contributed by atoms with Crippen LogP contribution < -0.4 is 15.1 Å². The van der Waals surface area contributed by atoms with E-state index in [0.29, 0.717) is 11.3 Å². The lowest BCUT2D eigenvalue weighted by molar-refractivity contribution is 0.102. The minimum atomic E-state index is -0.337. The van der Waals surface area contributed by atoms with Gasteiger partial charge in [0.25, 0.3) is 5.91 Å². The number of carbonyl (C=O) groups excluding carboxylic acids is 1. The molecule has 1 N–H and O–H groups in total. The standard InChI is InChI=1S/C22H21FN4O/c23-18-7-9-19(10-8-18)25-22(28)17-6-11-21(24-16-17)27-14-12-26(13-15-27)20-4-2-1-3-5-20/h1-11,16H,12-15H2,(H,25,28). The number of rotatable bonds is 4. The summed E-state index contributed by atoms with van der Waals surface area (Å²) >= 11 is 0. The van der Waals surface area contributed by atoms with Crippen LogP contribution in [0.1, 0.15) is 10.4 Å². The Balaban J connectivity index is 1.36. The molecule has 0 atom stereocenters. The van der Waals surface area contributed by atoms with Crippen LogP contribution in [0, 0.1) is 5.82 Å². The minimum Gasteiger partial charge on any atom is -0.368 e. The Hall–Kier alpha value is -3.41. The van der Waals surface area contributed by atoms with Crippen molar-refractivity contribution in [2.45, 2.75) is 0 Å². The van der Waals surface area contributed by atoms with Crippen LogP contribution >= 0.6 is 0 Å². The molecule has 1 fully saturated rings. The van der Waals surface area contributed by atoms with Crippen molar-refractivity contribution in [3.8, 4) is 0 Å². The average molecular weight is 376 g/mol. The highest BCUT2D eigenvalue weighted by molar-refractivity contribution is 6.04. The maximum atomic E-state index is 13.0. The van der Waals surface area contributed by atoms with Crippen molar-refractivity contribution in [2.75, 3.05) is 41.3 Å². The van der Waals surface area contributed by atoms with E-state index in [1.807, 2.05) is 12.1 Å². The fraction of sp³-hybridized carbons (Fsp3) is 0.182. The summed E-state index contributed by atoms with van der Waals surface area (Å²) in [5.41, 5.74) is 2.26. The first-order valence-electron chi connectivity index (χ1n) is 9.27. The van der Waals surface area contributed by atoms with Gasteiger partial charge in [-0.25, -0.2) is 9.37 Å². The van der Waals surface area contributed by atoms with Crippen LogP contribution in [-0.2, 0) is 0 Å². The lowest BCUT2D eigenvalue weighted by Crippen LogP contribution is -2.46. The second-order valence-corrected chi connectivity index (χ2v) is 6.68. The number of anilines is 3. The average Bonchev–Trinajstić information content (AvgIpc) is 2.76. The Morgan fingerprint density at radius 2 is 1.54 bits per heavy atom. The van der Waals surface area contributed by atoms with Crippen molar-refractivity contribution in [1.29, 1.82) is 0 Å². The van der Waals surface area contributed by atoms with Crippen LogP contribution in [0.4, 0.5) is 21.6 Å². The lowest BCUT2D eigenvalue weighted by Gasteiger charge is -2.36. The number of piperazine rings is 1. The van der Waals surface area contributed by atoms with Crippen molar-refractivity contribution >= 4 is 23.1 Å². The third-order valence-electron chi connectivity index (χ3n) is 4.84. The van der Waals surface area contributed by atoms with Crippen molar-refractivity contribution in [3.63, 3.8) is 0 Å². The molecule has 142 valence electrons. The highest BCUT2D eigenvalue weighted by Gasteiger charge is 2.18. The first-order valence-corrected chi connectivity index (χ1v) is 9.27. The zero-order valence-electron chi connectivity index (χ0n) is 15.4. The summed E-state index contributed by atoms with van der Waals surface area (Å²) in [6.07, 6.45) is 1.58. The van der Waals surface area contributed by atoms with Crippen LogP contribution in [0.25, 0.3) is 0 Å². The van der Waals surface area contributed by atoms with Gasteiger partial charge < -0.3 is 15.1 Å². The topological polar surface area (TPSA) is 48.5 Å². The lowest BCUT2D eigenvalue weighted by atomic mass is 10.2. The quantitative estimate of drug-likeness (QED) is 0.753.